The molecule has 0 aliphatic carbocycles. The highest BCUT2D eigenvalue weighted by atomic mass is 35.5. The van der Waals surface area contributed by atoms with Gasteiger partial charge >= 0.3 is 0 Å². The van der Waals surface area contributed by atoms with Crippen LogP contribution in [-0.4, -0.2) is 0 Å². The second kappa shape index (κ2) is 10.2. The summed E-state index contributed by atoms with van der Waals surface area (Å²) in [7, 11) is 0. The molecule has 2 heterocycles. The van der Waals surface area contributed by atoms with Crippen LogP contribution in [0.2, 0.25) is 10.0 Å². The number of hydrogen-bond acceptors (Lipinski definition) is 4. The van der Waals surface area contributed by atoms with Crippen molar-refractivity contribution >= 4 is 45.1 Å². The SMILES string of the molecule is O=c1cc(-c2ccc(Cl)cc2)oc2ccccc12.O=c1cc(-c2ccccc2)oc2ccc(Cl)cc12. The largest absolute Gasteiger partial charge is 0.456 e. The van der Waals surface area contributed by atoms with Crippen LogP contribution in [0.3, 0.4) is 0 Å². The van der Waals surface area contributed by atoms with Crippen LogP contribution < -0.4 is 10.9 Å². The quantitative estimate of drug-likeness (QED) is 0.234. The van der Waals surface area contributed by atoms with Crippen LogP contribution in [-0.2, 0) is 0 Å². The van der Waals surface area contributed by atoms with Crippen LogP contribution in [0.15, 0.2) is 128 Å². The molecule has 0 aliphatic heterocycles. The van der Waals surface area contributed by atoms with Gasteiger partial charge in [0.15, 0.2) is 10.9 Å². The van der Waals surface area contributed by atoms with Crippen molar-refractivity contribution in [3.05, 3.63) is 140 Å². The van der Waals surface area contributed by atoms with Crippen molar-refractivity contribution in [2.75, 3.05) is 0 Å². The molecule has 176 valence electrons. The third kappa shape index (κ3) is 5.10. The molecule has 4 nitrogen and oxygen atoms in total. The molecule has 0 radical (unpaired) electrons. The van der Waals surface area contributed by atoms with Gasteiger partial charge in [-0.05, 0) is 54.6 Å². The van der Waals surface area contributed by atoms with E-state index in [0.717, 1.165) is 11.1 Å². The van der Waals surface area contributed by atoms with Crippen molar-refractivity contribution in [1.82, 2.24) is 0 Å². The van der Waals surface area contributed by atoms with Gasteiger partial charge in [0.25, 0.3) is 0 Å². The Morgan fingerprint density at radius 2 is 1.00 bits per heavy atom. The fraction of sp³-hybridized carbons (Fsp3) is 0. The Labute approximate surface area is 216 Å². The van der Waals surface area contributed by atoms with Crippen LogP contribution in [0.1, 0.15) is 0 Å². The Balaban J connectivity index is 0.000000148. The topological polar surface area (TPSA) is 60.4 Å². The van der Waals surface area contributed by atoms with Crippen LogP contribution in [0.4, 0.5) is 0 Å². The molecule has 0 amide bonds. The lowest BCUT2D eigenvalue weighted by molar-refractivity contribution is 0.618. The van der Waals surface area contributed by atoms with Crippen LogP contribution in [0, 0.1) is 0 Å². The predicted octanol–water partition coefficient (Wildman–Crippen LogP) is 8.23. The van der Waals surface area contributed by atoms with E-state index in [2.05, 4.69) is 0 Å². The summed E-state index contributed by atoms with van der Waals surface area (Å²) in [6, 6.07) is 32.0. The van der Waals surface area contributed by atoms with E-state index in [1.807, 2.05) is 54.6 Å². The highest BCUT2D eigenvalue weighted by molar-refractivity contribution is 6.31. The Hall–Kier alpha value is -4.12. The van der Waals surface area contributed by atoms with Crippen molar-refractivity contribution in [3.63, 3.8) is 0 Å². The average molecular weight is 513 g/mol. The Morgan fingerprint density at radius 1 is 0.472 bits per heavy atom. The molecule has 2 aromatic heterocycles. The van der Waals surface area contributed by atoms with E-state index in [-0.39, 0.29) is 10.9 Å². The predicted molar refractivity (Wildman–Crippen MR) is 146 cm³/mol. The maximum atomic E-state index is 12.0. The molecule has 0 fully saturated rings. The fourth-order valence-corrected chi connectivity index (χ4v) is 4.03. The van der Waals surface area contributed by atoms with Crippen molar-refractivity contribution in [3.8, 4) is 22.6 Å². The monoisotopic (exact) mass is 512 g/mol. The minimum absolute atomic E-state index is 0.0400. The number of halogens is 2. The molecule has 0 atom stereocenters. The minimum Gasteiger partial charge on any atom is -0.456 e. The van der Waals surface area contributed by atoms with E-state index < -0.39 is 0 Å². The first-order valence-electron chi connectivity index (χ1n) is 11.1. The maximum absolute atomic E-state index is 12.0. The molecule has 0 spiro atoms. The van der Waals surface area contributed by atoms with E-state index in [9.17, 15) is 9.59 Å². The summed E-state index contributed by atoms with van der Waals surface area (Å²) in [6.45, 7) is 0. The summed E-state index contributed by atoms with van der Waals surface area (Å²) in [5, 5.41) is 2.28. The zero-order chi connectivity index (χ0) is 25.1. The van der Waals surface area contributed by atoms with Gasteiger partial charge in [-0.25, -0.2) is 0 Å². The maximum Gasteiger partial charge on any atom is 0.193 e. The van der Waals surface area contributed by atoms with Crippen molar-refractivity contribution in [2.24, 2.45) is 0 Å². The molecule has 0 bridgehead atoms. The summed E-state index contributed by atoms with van der Waals surface area (Å²) < 4.78 is 11.5. The lowest BCUT2D eigenvalue weighted by Gasteiger charge is -2.03. The second-order valence-electron chi connectivity index (χ2n) is 7.96. The van der Waals surface area contributed by atoms with E-state index in [1.165, 1.54) is 12.1 Å². The van der Waals surface area contributed by atoms with Gasteiger partial charge in [0.1, 0.15) is 22.7 Å². The van der Waals surface area contributed by atoms with E-state index in [1.54, 1.807) is 42.5 Å². The highest BCUT2D eigenvalue weighted by Gasteiger charge is 2.07. The zero-order valence-electron chi connectivity index (χ0n) is 18.8. The molecular weight excluding hydrogens is 495 g/mol. The Kier molecular flexibility index (Phi) is 6.72. The van der Waals surface area contributed by atoms with Gasteiger partial charge in [-0.15, -0.1) is 0 Å². The molecule has 4 aromatic carbocycles. The van der Waals surface area contributed by atoms with Crippen molar-refractivity contribution in [2.45, 2.75) is 0 Å². The lowest BCUT2D eigenvalue weighted by atomic mass is 10.1. The van der Waals surface area contributed by atoms with Crippen LogP contribution in [0.5, 0.6) is 0 Å². The van der Waals surface area contributed by atoms with Gasteiger partial charge in [-0.2, -0.15) is 0 Å². The van der Waals surface area contributed by atoms with E-state index in [0.29, 0.717) is 43.5 Å². The minimum atomic E-state index is -0.0856. The van der Waals surface area contributed by atoms with E-state index >= 15 is 0 Å². The number of para-hydroxylation sites is 1. The number of hydrogen-bond donors (Lipinski definition) is 0. The van der Waals surface area contributed by atoms with E-state index in [4.69, 9.17) is 32.0 Å². The normalized spacial score (nSPS) is 10.7. The van der Waals surface area contributed by atoms with Crippen LogP contribution >= 0.6 is 23.2 Å². The average Bonchev–Trinajstić information content (AvgIpc) is 2.90. The Morgan fingerprint density at radius 3 is 1.69 bits per heavy atom. The molecule has 0 saturated heterocycles. The third-order valence-corrected chi connectivity index (χ3v) is 6.00. The molecule has 6 aromatic rings. The lowest BCUT2D eigenvalue weighted by Crippen LogP contribution is -2.00. The van der Waals surface area contributed by atoms with Gasteiger partial charge < -0.3 is 8.83 Å². The van der Waals surface area contributed by atoms with Gasteiger partial charge in [0.05, 0.1) is 10.8 Å². The summed E-state index contributed by atoms with van der Waals surface area (Å²) >= 11 is 11.7. The molecular formula is C30H18Cl2O4. The standard InChI is InChI=1S/2C15H9ClO2/c16-11-7-5-10(6-8-11)15-9-13(17)12-3-1-2-4-14(12)18-15;16-11-6-7-14-12(8-11)13(17)9-15(18-14)10-4-2-1-3-5-10/h2*1-9H. The number of benzene rings is 4. The first-order valence-corrected chi connectivity index (χ1v) is 11.8. The first kappa shape index (κ1) is 23.6. The molecule has 6 rings (SSSR count). The zero-order valence-corrected chi connectivity index (χ0v) is 20.3. The van der Waals surface area contributed by atoms with Crippen LogP contribution in [0.25, 0.3) is 44.6 Å². The van der Waals surface area contributed by atoms with Gasteiger partial charge in [-0.3, -0.25) is 9.59 Å². The molecule has 6 heteroatoms. The molecule has 0 unspecified atom stereocenters. The summed E-state index contributed by atoms with van der Waals surface area (Å²) in [5.41, 5.74) is 2.73. The fourth-order valence-electron chi connectivity index (χ4n) is 3.73. The summed E-state index contributed by atoms with van der Waals surface area (Å²) in [5.74, 6) is 1.12. The summed E-state index contributed by atoms with van der Waals surface area (Å²) in [4.78, 5) is 24.0. The highest BCUT2D eigenvalue weighted by Crippen LogP contribution is 2.24. The molecule has 0 N–H and O–H groups in total. The smallest absolute Gasteiger partial charge is 0.193 e. The first-order chi connectivity index (χ1) is 17.5. The summed E-state index contributed by atoms with van der Waals surface area (Å²) in [6.07, 6.45) is 0. The Bertz CT molecular complexity index is 1790. The molecule has 0 saturated carbocycles. The number of rotatable bonds is 2. The molecule has 36 heavy (non-hydrogen) atoms. The van der Waals surface area contributed by atoms with Crippen molar-refractivity contribution in [1.29, 1.82) is 0 Å². The van der Waals surface area contributed by atoms with Gasteiger partial charge in [0, 0.05) is 33.3 Å². The second-order valence-corrected chi connectivity index (χ2v) is 8.83. The van der Waals surface area contributed by atoms with Gasteiger partial charge in [-0.1, -0.05) is 65.7 Å². The van der Waals surface area contributed by atoms with Crippen molar-refractivity contribution < 1.29 is 8.83 Å². The third-order valence-electron chi connectivity index (χ3n) is 5.51. The molecule has 0 aliphatic rings. The van der Waals surface area contributed by atoms with Gasteiger partial charge in [0.2, 0.25) is 0 Å². The number of fused-ring (bicyclic) bond motifs is 2.